The van der Waals surface area contributed by atoms with Gasteiger partial charge in [0.15, 0.2) is 0 Å². The topological polar surface area (TPSA) is 79.5 Å². The van der Waals surface area contributed by atoms with Crippen LogP contribution in [0.15, 0.2) is 29.2 Å². The van der Waals surface area contributed by atoms with E-state index in [9.17, 15) is 14.4 Å². The summed E-state index contributed by atoms with van der Waals surface area (Å²) in [4.78, 5) is 40.6. The van der Waals surface area contributed by atoms with Crippen LogP contribution in [0.1, 0.15) is 24.2 Å². The van der Waals surface area contributed by atoms with Gasteiger partial charge in [-0.3, -0.25) is 14.4 Å². The molecule has 6 nitrogen and oxygen atoms in total. The third-order valence-electron chi connectivity index (χ3n) is 5.05. The highest BCUT2D eigenvalue weighted by molar-refractivity contribution is 6.30. The molecule has 2 aliphatic rings. The second-order valence-corrected chi connectivity index (χ2v) is 7.03. The van der Waals surface area contributed by atoms with Gasteiger partial charge in [-0.2, -0.15) is 0 Å². The zero-order valence-electron chi connectivity index (χ0n) is 14.2. The number of aromatic nitrogens is 1. The molecular formula is C18H21ClN2O4. The minimum atomic E-state index is -0.424. The quantitative estimate of drug-likeness (QED) is 0.658. The van der Waals surface area contributed by atoms with Crippen molar-refractivity contribution in [3.63, 3.8) is 0 Å². The largest absolute Gasteiger partial charge is 0.466 e. The summed E-state index contributed by atoms with van der Waals surface area (Å²) in [6.07, 6.45) is 5.51. The number of pyridine rings is 1. The first-order valence-electron chi connectivity index (χ1n) is 8.44. The van der Waals surface area contributed by atoms with Crippen LogP contribution in [-0.4, -0.2) is 41.5 Å². The van der Waals surface area contributed by atoms with E-state index in [1.54, 1.807) is 11.8 Å². The van der Waals surface area contributed by atoms with Crippen LogP contribution in [0.3, 0.4) is 0 Å². The van der Waals surface area contributed by atoms with Crippen LogP contribution in [0.2, 0.25) is 5.02 Å². The summed E-state index contributed by atoms with van der Waals surface area (Å²) in [7, 11) is 0. The molecule has 4 atom stereocenters. The molecule has 1 aromatic heterocycles. The van der Waals surface area contributed by atoms with E-state index in [0.717, 1.165) is 0 Å². The first-order valence-corrected chi connectivity index (χ1v) is 8.82. The number of nitrogens with one attached hydrogen (secondary N) is 1. The number of halogens is 1. The number of aromatic amines is 1. The van der Waals surface area contributed by atoms with Crippen molar-refractivity contribution in [2.75, 3.05) is 19.7 Å². The zero-order valence-corrected chi connectivity index (χ0v) is 15.0. The second kappa shape index (κ2) is 7.04. The maximum Gasteiger partial charge on any atom is 0.309 e. The summed E-state index contributed by atoms with van der Waals surface area (Å²) >= 11 is 5.82. The minimum Gasteiger partial charge on any atom is -0.466 e. The Morgan fingerprint density at radius 2 is 2.12 bits per heavy atom. The lowest BCUT2D eigenvalue weighted by atomic mass is 9.72. The summed E-state index contributed by atoms with van der Waals surface area (Å²) in [6.45, 7) is 5.17. The lowest BCUT2D eigenvalue weighted by molar-refractivity contribution is -0.152. The predicted octanol–water partition coefficient (Wildman–Crippen LogP) is 2.10. The van der Waals surface area contributed by atoms with Crippen molar-refractivity contribution in [2.24, 2.45) is 23.7 Å². The Morgan fingerprint density at radius 3 is 2.80 bits per heavy atom. The maximum atomic E-state index is 12.7. The predicted molar refractivity (Wildman–Crippen MR) is 93.4 cm³/mol. The summed E-state index contributed by atoms with van der Waals surface area (Å²) in [5.74, 6) is -0.384. The first-order chi connectivity index (χ1) is 11.9. The highest BCUT2D eigenvalue weighted by atomic mass is 35.5. The maximum absolute atomic E-state index is 12.7. The first kappa shape index (κ1) is 17.7. The van der Waals surface area contributed by atoms with Crippen molar-refractivity contribution in [3.05, 3.63) is 45.4 Å². The molecule has 0 bridgehead atoms. The molecule has 1 fully saturated rings. The number of carbonyl (C=O) groups is 2. The van der Waals surface area contributed by atoms with Gasteiger partial charge < -0.3 is 14.6 Å². The minimum absolute atomic E-state index is 0.0135. The van der Waals surface area contributed by atoms with Crippen LogP contribution >= 0.6 is 11.6 Å². The van der Waals surface area contributed by atoms with Gasteiger partial charge in [-0.1, -0.05) is 30.7 Å². The van der Waals surface area contributed by atoms with Gasteiger partial charge in [-0.15, -0.1) is 0 Å². The van der Waals surface area contributed by atoms with E-state index >= 15 is 0 Å². The van der Waals surface area contributed by atoms with E-state index < -0.39 is 5.56 Å². The molecule has 3 rings (SSSR count). The molecule has 1 amide bonds. The number of fused-ring (bicyclic) bond motifs is 1. The summed E-state index contributed by atoms with van der Waals surface area (Å²) in [6, 6.07) is 1.38. The van der Waals surface area contributed by atoms with Crippen molar-refractivity contribution in [1.29, 1.82) is 0 Å². The molecule has 1 aliphatic heterocycles. The van der Waals surface area contributed by atoms with Gasteiger partial charge in [0.2, 0.25) is 0 Å². The van der Waals surface area contributed by atoms with E-state index in [4.69, 9.17) is 16.3 Å². The van der Waals surface area contributed by atoms with Gasteiger partial charge in [0.25, 0.3) is 11.5 Å². The third kappa shape index (κ3) is 3.35. The standard InChI is InChI=1S/C18H21ClN2O4/c1-3-25-18(24)15-10(2)4-5-11-8-21(9-13(11)15)17(23)12-6-14(19)16(22)20-7-12/h4-7,10-11,13,15H,3,8-9H2,1-2H3,(H,20,22)/t10-,11-,13-,15-/m0/s1. The summed E-state index contributed by atoms with van der Waals surface area (Å²) < 4.78 is 5.24. The fourth-order valence-corrected chi connectivity index (χ4v) is 3.99. The summed E-state index contributed by atoms with van der Waals surface area (Å²) in [5, 5.41) is -0.0135. The number of allylic oxidation sites excluding steroid dienone is 1. The molecule has 1 aromatic rings. The zero-order chi connectivity index (χ0) is 18.1. The molecular weight excluding hydrogens is 344 g/mol. The van der Waals surface area contributed by atoms with Crippen LogP contribution in [0.5, 0.6) is 0 Å². The number of H-pyrrole nitrogens is 1. The average Bonchev–Trinajstić information content (AvgIpc) is 3.00. The van der Waals surface area contributed by atoms with Crippen LogP contribution < -0.4 is 5.56 Å². The number of hydrogen-bond acceptors (Lipinski definition) is 4. The van der Waals surface area contributed by atoms with Crippen molar-refractivity contribution < 1.29 is 14.3 Å². The number of esters is 1. The van der Waals surface area contributed by atoms with Gasteiger partial charge in [0.1, 0.15) is 5.02 Å². The molecule has 0 radical (unpaired) electrons. The van der Waals surface area contributed by atoms with Crippen LogP contribution in [0.25, 0.3) is 0 Å². The van der Waals surface area contributed by atoms with Crippen molar-refractivity contribution in [3.8, 4) is 0 Å². The van der Waals surface area contributed by atoms with Crippen molar-refractivity contribution in [1.82, 2.24) is 9.88 Å². The molecule has 0 unspecified atom stereocenters. The lowest BCUT2D eigenvalue weighted by Crippen LogP contribution is -2.37. The third-order valence-corrected chi connectivity index (χ3v) is 5.33. The van der Waals surface area contributed by atoms with Crippen LogP contribution in [0, 0.1) is 23.7 Å². The number of hydrogen-bond donors (Lipinski definition) is 1. The van der Waals surface area contributed by atoms with Gasteiger partial charge in [-0.05, 0) is 30.7 Å². The molecule has 0 aromatic carbocycles. The Labute approximate surface area is 150 Å². The Kier molecular flexibility index (Phi) is 4.99. The molecule has 25 heavy (non-hydrogen) atoms. The van der Waals surface area contributed by atoms with Crippen molar-refractivity contribution in [2.45, 2.75) is 13.8 Å². The molecule has 2 heterocycles. The molecule has 7 heteroatoms. The van der Waals surface area contributed by atoms with E-state index in [1.165, 1.54) is 12.3 Å². The van der Waals surface area contributed by atoms with Gasteiger partial charge in [0, 0.05) is 19.3 Å². The van der Waals surface area contributed by atoms with Crippen LogP contribution in [0.4, 0.5) is 0 Å². The molecule has 1 N–H and O–H groups in total. The Morgan fingerprint density at radius 1 is 1.36 bits per heavy atom. The highest BCUT2D eigenvalue weighted by Gasteiger charge is 2.46. The number of amides is 1. The summed E-state index contributed by atoms with van der Waals surface area (Å²) in [5.41, 5.74) is -0.0830. The van der Waals surface area contributed by atoms with Crippen LogP contribution in [-0.2, 0) is 9.53 Å². The SMILES string of the molecule is CCOC(=O)[C@@H]1[C@H]2CN(C(=O)c3c[nH]c(=O)c(Cl)c3)C[C@@H]2C=C[C@@H]1C. The number of likely N-dealkylation sites (tertiary alicyclic amines) is 1. The van der Waals surface area contributed by atoms with E-state index in [2.05, 4.69) is 11.1 Å². The van der Waals surface area contributed by atoms with Gasteiger partial charge in [0.05, 0.1) is 18.1 Å². The van der Waals surface area contributed by atoms with E-state index in [0.29, 0.717) is 25.3 Å². The molecule has 0 saturated carbocycles. The number of carbonyl (C=O) groups excluding carboxylic acids is 2. The molecule has 1 aliphatic carbocycles. The number of nitrogens with zero attached hydrogens (tertiary/aromatic N) is 1. The normalized spacial score (nSPS) is 27.9. The molecule has 1 saturated heterocycles. The highest BCUT2D eigenvalue weighted by Crippen LogP contribution is 2.40. The smallest absolute Gasteiger partial charge is 0.309 e. The van der Waals surface area contributed by atoms with Gasteiger partial charge >= 0.3 is 5.97 Å². The fourth-order valence-electron chi connectivity index (χ4n) is 3.82. The van der Waals surface area contributed by atoms with Crippen molar-refractivity contribution >= 4 is 23.5 Å². The van der Waals surface area contributed by atoms with Gasteiger partial charge in [-0.25, -0.2) is 0 Å². The average molecular weight is 365 g/mol. The number of ether oxygens (including phenoxy) is 1. The lowest BCUT2D eigenvalue weighted by Gasteiger charge is -2.31. The Hall–Kier alpha value is -2.08. The van der Waals surface area contributed by atoms with E-state index in [-0.39, 0.29) is 40.6 Å². The molecule has 0 spiro atoms. The monoisotopic (exact) mass is 364 g/mol. The Bertz CT molecular complexity index is 773. The molecule has 134 valence electrons. The number of rotatable bonds is 3. The second-order valence-electron chi connectivity index (χ2n) is 6.63. The fraction of sp³-hybridized carbons (Fsp3) is 0.500. The van der Waals surface area contributed by atoms with E-state index in [1.807, 2.05) is 13.0 Å². The Balaban J connectivity index is 1.80.